The summed E-state index contributed by atoms with van der Waals surface area (Å²) in [6.45, 7) is -0.107. The standard InChI is InChI=1S/C9H8F2O2.BrH/c10-8(11)9(12)13-6-7-4-2-1-3-5-7;/h1-5,8H,6H2;1H. The van der Waals surface area contributed by atoms with E-state index in [4.69, 9.17) is 0 Å². The van der Waals surface area contributed by atoms with Crippen molar-refractivity contribution in [2.45, 2.75) is 13.0 Å². The van der Waals surface area contributed by atoms with E-state index in [0.29, 0.717) is 5.56 Å². The van der Waals surface area contributed by atoms with Gasteiger partial charge in [-0.2, -0.15) is 8.78 Å². The number of esters is 1. The molecule has 0 spiro atoms. The minimum absolute atomic E-state index is 0. The molecule has 0 aliphatic rings. The van der Waals surface area contributed by atoms with Crippen LogP contribution in [0.4, 0.5) is 8.78 Å². The Morgan fingerprint density at radius 1 is 1.29 bits per heavy atom. The van der Waals surface area contributed by atoms with Crippen LogP contribution >= 0.6 is 17.0 Å². The Labute approximate surface area is 90.6 Å². The van der Waals surface area contributed by atoms with Gasteiger partial charge in [-0.05, 0) is 5.56 Å². The summed E-state index contributed by atoms with van der Waals surface area (Å²) in [4.78, 5) is 10.3. The van der Waals surface area contributed by atoms with Crippen molar-refractivity contribution in [2.75, 3.05) is 0 Å². The first-order valence-electron chi connectivity index (χ1n) is 3.69. The van der Waals surface area contributed by atoms with Crippen molar-refractivity contribution in [3.05, 3.63) is 35.9 Å². The molecular formula is C9H9BrF2O2. The zero-order chi connectivity index (χ0) is 9.68. The molecule has 0 unspecified atom stereocenters. The molecule has 0 bridgehead atoms. The highest BCUT2D eigenvalue weighted by Gasteiger charge is 2.16. The summed E-state index contributed by atoms with van der Waals surface area (Å²) < 4.78 is 27.6. The van der Waals surface area contributed by atoms with Crippen LogP contribution in [0.25, 0.3) is 0 Å². The van der Waals surface area contributed by atoms with Gasteiger partial charge in [0.2, 0.25) is 0 Å². The maximum atomic E-state index is 11.7. The molecule has 0 amide bonds. The van der Waals surface area contributed by atoms with Crippen LogP contribution in [0, 0.1) is 0 Å². The molecule has 0 heterocycles. The Morgan fingerprint density at radius 2 is 1.86 bits per heavy atom. The Morgan fingerprint density at radius 3 is 2.36 bits per heavy atom. The smallest absolute Gasteiger partial charge is 0.374 e. The molecule has 5 heteroatoms. The molecule has 2 nitrogen and oxygen atoms in total. The molecule has 1 aromatic rings. The Hall–Kier alpha value is -0.970. The van der Waals surface area contributed by atoms with E-state index < -0.39 is 12.4 Å². The maximum Gasteiger partial charge on any atom is 0.374 e. The van der Waals surface area contributed by atoms with E-state index in [9.17, 15) is 13.6 Å². The van der Waals surface area contributed by atoms with Gasteiger partial charge in [0.25, 0.3) is 0 Å². The molecule has 0 aromatic heterocycles. The lowest BCUT2D eigenvalue weighted by Crippen LogP contribution is -2.13. The van der Waals surface area contributed by atoms with Gasteiger partial charge in [-0.3, -0.25) is 0 Å². The summed E-state index contributed by atoms with van der Waals surface area (Å²) >= 11 is 0. The summed E-state index contributed by atoms with van der Waals surface area (Å²) in [6.07, 6.45) is -3.05. The zero-order valence-corrected chi connectivity index (χ0v) is 8.86. The molecule has 0 fully saturated rings. The van der Waals surface area contributed by atoms with E-state index in [1.807, 2.05) is 0 Å². The third kappa shape index (κ3) is 4.32. The fourth-order valence-corrected chi connectivity index (χ4v) is 0.792. The number of carbonyl (C=O) groups is 1. The van der Waals surface area contributed by atoms with Crippen LogP contribution in [0.5, 0.6) is 0 Å². The van der Waals surface area contributed by atoms with Gasteiger partial charge in [0.1, 0.15) is 6.61 Å². The monoisotopic (exact) mass is 266 g/mol. The summed E-state index contributed by atoms with van der Waals surface area (Å²) in [5.74, 6) is -1.48. The largest absolute Gasteiger partial charge is 0.457 e. The van der Waals surface area contributed by atoms with E-state index in [1.165, 1.54) is 0 Å². The molecule has 14 heavy (non-hydrogen) atoms. The average molecular weight is 267 g/mol. The van der Waals surface area contributed by atoms with Gasteiger partial charge in [0.15, 0.2) is 0 Å². The van der Waals surface area contributed by atoms with Crippen molar-refractivity contribution in [3.8, 4) is 0 Å². The van der Waals surface area contributed by atoms with Crippen molar-refractivity contribution in [3.63, 3.8) is 0 Å². The number of alkyl halides is 2. The molecule has 0 aliphatic carbocycles. The molecule has 0 aliphatic heterocycles. The fraction of sp³-hybridized carbons (Fsp3) is 0.222. The van der Waals surface area contributed by atoms with Gasteiger partial charge >= 0.3 is 12.4 Å². The number of hydrogen-bond acceptors (Lipinski definition) is 2. The second kappa shape index (κ2) is 6.48. The summed E-state index contributed by atoms with van der Waals surface area (Å²) in [7, 11) is 0. The van der Waals surface area contributed by atoms with Crippen molar-refractivity contribution in [1.82, 2.24) is 0 Å². The topological polar surface area (TPSA) is 26.3 Å². The Kier molecular flexibility index (Phi) is 6.03. The predicted octanol–water partition coefficient (Wildman–Crippen LogP) is 2.57. The van der Waals surface area contributed by atoms with Crippen LogP contribution < -0.4 is 0 Å². The van der Waals surface area contributed by atoms with Gasteiger partial charge < -0.3 is 4.74 Å². The molecule has 0 radical (unpaired) electrons. The lowest BCUT2D eigenvalue weighted by molar-refractivity contribution is -0.157. The van der Waals surface area contributed by atoms with Crippen molar-refractivity contribution >= 4 is 23.0 Å². The minimum atomic E-state index is -3.05. The highest BCUT2D eigenvalue weighted by atomic mass is 79.9. The fourth-order valence-electron chi connectivity index (χ4n) is 0.792. The second-order valence-corrected chi connectivity index (χ2v) is 2.39. The summed E-state index contributed by atoms with van der Waals surface area (Å²) in [5, 5.41) is 0. The van der Waals surface area contributed by atoms with E-state index in [-0.39, 0.29) is 23.6 Å². The molecular weight excluding hydrogens is 258 g/mol. The van der Waals surface area contributed by atoms with Gasteiger partial charge in [-0.1, -0.05) is 30.3 Å². The van der Waals surface area contributed by atoms with E-state index >= 15 is 0 Å². The SMILES string of the molecule is Br.O=C(OCc1ccccc1)C(F)F. The molecule has 78 valence electrons. The first-order valence-corrected chi connectivity index (χ1v) is 3.69. The molecule has 0 saturated heterocycles. The highest BCUT2D eigenvalue weighted by Crippen LogP contribution is 2.03. The second-order valence-electron chi connectivity index (χ2n) is 2.39. The first-order chi connectivity index (χ1) is 6.20. The van der Waals surface area contributed by atoms with E-state index in [0.717, 1.165) is 0 Å². The lowest BCUT2D eigenvalue weighted by atomic mass is 10.2. The van der Waals surface area contributed by atoms with Crippen LogP contribution in [0.2, 0.25) is 0 Å². The zero-order valence-electron chi connectivity index (χ0n) is 7.15. The quantitative estimate of drug-likeness (QED) is 0.787. The number of ether oxygens (including phenoxy) is 1. The summed E-state index contributed by atoms with van der Waals surface area (Å²) in [5.41, 5.74) is 0.691. The van der Waals surface area contributed by atoms with Crippen LogP contribution in [0.1, 0.15) is 5.56 Å². The van der Waals surface area contributed by atoms with Crippen LogP contribution in [-0.4, -0.2) is 12.4 Å². The van der Waals surface area contributed by atoms with Gasteiger partial charge in [-0.25, -0.2) is 4.79 Å². The Balaban J connectivity index is 0.00000169. The van der Waals surface area contributed by atoms with Crippen LogP contribution in [-0.2, 0) is 16.1 Å². The van der Waals surface area contributed by atoms with E-state index in [1.54, 1.807) is 30.3 Å². The number of hydrogen-bond donors (Lipinski definition) is 0. The number of halogens is 3. The normalized spacial score (nSPS) is 9.36. The molecule has 0 atom stereocenters. The van der Waals surface area contributed by atoms with Crippen molar-refractivity contribution in [1.29, 1.82) is 0 Å². The minimum Gasteiger partial charge on any atom is -0.457 e. The number of benzene rings is 1. The van der Waals surface area contributed by atoms with Crippen molar-refractivity contribution in [2.24, 2.45) is 0 Å². The third-order valence-electron chi connectivity index (χ3n) is 1.40. The highest BCUT2D eigenvalue weighted by molar-refractivity contribution is 8.93. The van der Waals surface area contributed by atoms with Gasteiger partial charge in [-0.15, -0.1) is 17.0 Å². The summed E-state index contributed by atoms with van der Waals surface area (Å²) in [6, 6.07) is 8.66. The number of carbonyl (C=O) groups excluding carboxylic acids is 1. The molecule has 0 saturated carbocycles. The Bertz CT molecular complexity index is 277. The number of rotatable bonds is 3. The first kappa shape index (κ1) is 13.0. The van der Waals surface area contributed by atoms with E-state index in [2.05, 4.69) is 4.74 Å². The van der Waals surface area contributed by atoms with Gasteiger partial charge in [0.05, 0.1) is 0 Å². The molecule has 1 rings (SSSR count). The lowest BCUT2D eigenvalue weighted by Gasteiger charge is -2.02. The third-order valence-corrected chi connectivity index (χ3v) is 1.40. The van der Waals surface area contributed by atoms with Gasteiger partial charge in [0, 0.05) is 0 Å². The molecule has 0 N–H and O–H groups in total. The van der Waals surface area contributed by atoms with Crippen LogP contribution in [0.3, 0.4) is 0 Å². The predicted molar refractivity (Wildman–Crippen MR) is 52.6 cm³/mol. The maximum absolute atomic E-state index is 11.7. The molecule has 1 aromatic carbocycles. The van der Waals surface area contributed by atoms with Crippen molar-refractivity contribution < 1.29 is 18.3 Å². The average Bonchev–Trinajstić information content (AvgIpc) is 2.15. The van der Waals surface area contributed by atoms with Crippen LogP contribution in [0.15, 0.2) is 30.3 Å².